The van der Waals surface area contributed by atoms with Gasteiger partial charge in [-0.15, -0.1) is 10.2 Å². The van der Waals surface area contributed by atoms with Gasteiger partial charge in [-0.05, 0) is 82.8 Å². The highest BCUT2D eigenvalue weighted by molar-refractivity contribution is 14.1. The average Bonchev–Trinajstić information content (AvgIpc) is 3.15. The summed E-state index contributed by atoms with van der Waals surface area (Å²) in [6.07, 6.45) is 0. The smallest absolute Gasteiger partial charge is 0.335 e. The molecule has 0 radical (unpaired) electrons. The van der Waals surface area contributed by atoms with Crippen molar-refractivity contribution in [1.29, 1.82) is 0 Å². The number of halogens is 1. The number of aromatic nitrogens is 1. The third-order valence-corrected chi connectivity index (χ3v) is 5.67. The number of hydrogen-bond acceptors (Lipinski definition) is 5. The van der Waals surface area contributed by atoms with Crippen LogP contribution >= 0.6 is 22.6 Å². The van der Waals surface area contributed by atoms with Crippen LogP contribution in [0.4, 0.5) is 5.69 Å². The van der Waals surface area contributed by atoms with E-state index in [4.69, 9.17) is 5.11 Å². The maximum atomic E-state index is 12.4. The van der Waals surface area contributed by atoms with E-state index in [0.29, 0.717) is 22.0 Å². The molecule has 0 fully saturated rings. The van der Waals surface area contributed by atoms with Gasteiger partial charge in [-0.25, -0.2) is 4.79 Å². The third-order valence-electron chi connectivity index (χ3n) is 5.00. The summed E-state index contributed by atoms with van der Waals surface area (Å²) in [7, 11) is 0. The van der Waals surface area contributed by atoms with E-state index in [9.17, 15) is 19.5 Å². The first-order chi connectivity index (χ1) is 16.3. The highest BCUT2D eigenvalue weighted by Gasteiger charge is 2.12. The summed E-state index contributed by atoms with van der Waals surface area (Å²) < 4.78 is 0.951. The summed E-state index contributed by atoms with van der Waals surface area (Å²) in [5.74, 6) is -2.15. The monoisotopic (exact) mass is 568 g/mol. The minimum Gasteiger partial charge on any atom is -0.493 e. The van der Waals surface area contributed by atoms with E-state index in [2.05, 4.69) is 43.1 Å². The van der Waals surface area contributed by atoms with Crippen molar-refractivity contribution in [2.45, 2.75) is 6.54 Å². The number of carbonyl (C=O) groups excluding carboxylic acids is 2. The van der Waals surface area contributed by atoms with Gasteiger partial charge in [0.25, 0.3) is 11.8 Å². The van der Waals surface area contributed by atoms with Gasteiger partial charge in [0.05, 0.1) is 11.1 Å². The molecule has 1 aromatic heterocycles. The molecule has 0 spiro atoms. The molecule has 10 heteroatoms. The summed E-state index contributed by atoms with van der Waals surface area (Å²) in [4.78, 5) is 38.4. The molecule has 0 saturated heterocycles. The van der Waals surface area contributed by atoms with Crippen LogP contribution in [0.1, 0.15) is 36.6 Å². The standard InChI is InChI=1S/C24H17IN4O5/c25-17-9-10-19-18(11-17)20(23(32)27-19)28-29-22(31)15-3-1-13(2-4-15)12-26-21(30)14-5-7-16(8-6-14)24(33)34/h1-11,27,32H,12H2,(H,26,30)(H,33,34). The summed E-state index contributed by atoms with van der Waals surface area (Å²) in [5, 5.41) is 30.1. The van der Waals surface area contributed by atoms with E-state index in [1.165, 1.54) is 24.3 Å². The number of aromatic hydroxyl groups is 1. The lowest BCUT2D eigenvalue weighted by Gasteiger charge is -2.06. The quantitative estimate of drug-likeness (QED) is 0.191. The van der Waals surface area contributed by atoms with Gasteiger partial charge in [0.15, 0.2) is 5.69 Å². The molecule has 170 valence electrons. The Hall–Kier alpha value is -4.06. The number of carboxylic acid groups (broad SMARTS) is 1. The van der Waals surface area contributed by atoms with Gasteiger partial charge in [-0.2, -0.15) is 0 Å². The van der Waals surface area contributed by atoms with Crippen molar-refractivity contribution in [3.63, 3.8) is 0 Å². The molecule has 0 bridgehead atoms. The van der Waals surface area contributed by atoms with E-state index in [1.807, 2.05) is 12.1 Å². The average molecular weight is 568 g/mol. The second-order valence-electron chi connectivity index (χ2n) is 7.28. The maximum Gasteiger partial charge on any atom is 0.335 e. The molecule has 0 aliphatic rings. The first kappa shape index (κ1) is 23.1. The normalized spacial score (nSPS) is 11.1. The molecule has 0 saturated carbocycles. The molecule has 1 heterocycles. The lowest BCUT2D eigenvalue weighted by molar-refractivity contribution is 0.0696. The number of benzene rings is 3. The van der Waals surface area contributed by atoms with Gasteiger partial charge in [-0.1, -0.05) is 12.1 Å². The van der Waals surface area contributed by atoms with E-state index in [-0.39, 0.29) is 29.6 Å². The van der Waals surface area contributed by atoms with Crippen molar-refractivity contribution < 1.29 is 24.6 Å². The first-order valence-corrected chi connectivity index (χ1v) is 11.1. The van der Waals surface area contributed by atoms with Gasteiger partial charge in [-0.3, -0.25) is 9.59 Å². The zero-order valence-corrected chi connectivity index (χ0v) is 19.6. The van der Waals surface area contributed by atoms with Crippen molar-refractivity contribution in [3.05, 3.63) is 92.6 Å². The Morgan fingerprint density at radius 2 is 1.56 bits per heavy atom. The van der Waals surface area contributed by atoms with Gasteiger partial charge < -0.3 is 20.5 Å². The fraction of sp³-hybridized carbons (Fsp3) is 0.0417. The number of carbonyl (C=O) groups is 3. The van der Waals surface area contributed by atoms with Crippen molar-refractivity contribution in [2.75, 3.05) is 0 Å². The molecular weight excluding hydrogens is 551 g/mol. The lowest BCUT2D eigenvalue weighted by Crippen LogP contribution is -2.22. The third kappa shape index (κ3) is 5.12. The Bertz CT molecular complexity index is 1430. The minimum atomic E-state index is -1.06. The molecule has 0 atom stereocenters. The molecule has 34 heavy (non-hydrogen) atoms. The van der Waals surface area contributed by atoms with Crippen molar-refractivity contribution in [2.24, 2.45) is 10.2 Å². The van der Waals surface area contributed by atoms with E-state index in [0.717, 1.165) is 9.13 Å². The van der Waals surface area contributed by atoms with Crippen LogP contribution in [0.25, 0.3) is 10.9 Å². The topological polar surface area (TPSA) is 144 Å². The number of azo groups is 1. The highest BCUT2D eigenvalue weighted by atomic mass is 127. The van der Waals surface area contributed by atoms with Crippen LogP contribution < -0.4 is 5.32 Å². The number of amides is 2. The van der Waals surface area contributed by atoms with Crippen LogP contribution in [-0.2, 0) is 6.54 Å². The second-order valence-corrected chi connectivity index (χ2v) is 8.53. The molecule has 3 aromatic carbocycles. The Kier molecular flexibility index (Phi) is 6.68. The van der Waals surface area contributed by atoms with E-state index >= 15 is 0 Å². The number of nitrogens with zero attached hydrogens (tertiary/aromatic N) is 2. The number of carboxylic acids is 1. The predicted octanol–water partition coefficient (Wildman–Crippen LogP) is 5.03. The van der Waals surface area contributed by atoms with Crippen LogP contribution in [0.3, 0.4) is 0 Å². The number of rotatable bonds is 6. The lowest BCUT2D eigenvalue weighted by atomic mass is 10.1. The van der Waals surface area contributed by atoms with Crippen LogP contribution in [0.15, 0.2) is 77.0 Å². The fourth-order valence-electron chi connectivity index (χ4n) is 3.20. The van der Waals surface area contributed by atoms with Gasteiger partial charge in [0.1, 0.15) is 0 Å². The largest absolute Gasteiger partial charge is 0.493 e. The van der Waals surface area contributed by atoms with Crippen molar-refractivity contribution in [1.82, 2.24) is 10.3 Å². The number of H-pyrrole nitrogens is 1. The first-order valence-electron chi connectivity index (χ1n) is 9.98. The predicted molar refractivity (Wildman–Crippen MR) is 133 cm³/mol. The molecule has 0 aliphatic carbocycles. The number of hydrogen-bond donors (Lipinski definition) is 4. The van der Waals surface area contributed by atoms with E-state index < -0.39 is 11.9 Å². The summed E-state index contributed by atoms with van der Waals surface area (Å²) in [5.41, 5.74) is 2.38. The Balaban J connectivity index is 1.39. The van der Waals surface area contributed by atoms with Crippen LogP contribution in [0, 0.1) is 3.57 Å². The molecule has 2 amide bonds. The number of nitrogens with one attached hydrogen (secondary N) is 2. The summed E-state index contributed by atoms with van der Waals surface area (Å²) in [6.45, 7) is 0.220. The van der Waals surface area contributed by atoms with E-state index in [1.54, 1.807) is 30.3 Å². The molecule has 4 aromatic rings. The molecule has 4 N–H and O–H groups in total. The number of aromatic amines is 1. The second kappa shape index (κ2) is 9.83. The molecule has 9 nitrogen and oxygen atoms in total. The van der Waals surface area contributed by atoms with Crippen molar-refractivity contribution >= 4 is 57.0 Å². The summed E-state index contributed by atoms with van der Waals surface area (Å²) >= 11 is 2.14. The van der Waals surface area contributed by atoms with Crippen LogP contribution in [-0.4, -0.2) is 33.0 Å². The van der Waals surface area contributed by atoms with Crippen molar-refractivity contribution in [3.8, 4) is 5.88 Å². The molecule has 4 rings (SSSR count). The Morgan fingerprint density at radius 1 is 0.912 bits per heavy atom. The zero-order valence-electron chi connectivity index (χ0n) is 17.4. The van der Waals surface area contributed by atoms with Gasteiger partial charge >= 0.3 is 5.97 Å². The summed E-state index contributed by atoms with van der Waals surface area (Å²) in [6, 6.07) is 17.6. The molecule has 0 aliphatic heterocycles. The molecule has 0 unspecified atom stereocenters. The number of fused-ring (bicyclic) bond motifs is 1. The van der Waals surface area contributed by atoms with Gasteiger partial charge in [0.2, 0.25) is 5.88 Å². The van der Waals surface area contributed by atoms with Crippen LogP contribution in [0.5, 0.6) is 5.88 Å². The van der Waals surface area contributed by atoms with Crippen LogP contribution in [0.2, 0.25) is 0 Å². The number of aromatic carboxylic acids is 1. The SMILES string of the molecule is O=C(O)c1ccc(C(=O)NCc2ccc(C(=O)N=Nc3c(O)[nH]c4ccc(I)cc34)cc2)cc1. The molecular formula is C24H17IN4O5. The fourth-order valence-corrected chi connectivity index (χ4v) is 3.70. The maximum absolute atomic E-state index is 12.4. The highest BCUT2D eigenvalue weighted by Crippen LogP contribution is 2.36. The Labute approximate surface area is 206 Å². The Morgan fingerprint density at radius 3 is 2.24 bits per heavy atom. The van der Waals surface area contributed by atoms with Gasteiger partial charge in [0, 0.05) is 26.6 Å². The zero-order chi connectivity index (χ0) is 24.2. The minimum absolute atomic E-state index is 0.101.